The smallest absolute Gasteiger partial charge is 0.416 e. The van der Waals surface area contributed by atoms with Crippen molar-refractivity contribution in [2.75, 3.05) is 17.2 Å². The number of halogens is 3. The van der Waals surface area contributed by atoms with Gasteiger partial charge in [-0.25, -0.2) is 4.68 Å². The summed E-state index contributed by atoms with van der Waals surface area (Å²) in [7, 11) is 0. The molecule has 11 heteroatoms. The van der Waals surface area contributed by atoms with E-state index in [1.165, 1.54) is 18.5 Å². The van der Waals surface area contributed by atoms with Gasteiger partial charge < -0.3 is 10.1 Å². The van der Waals surface area contributed by atoms with Gasteiger partial charge >= 0.3 is 6.18 Å². The molecule has 1 aromatic heterocycles. The number of amides is 2. The summed E-state index contributed by atoms with van der Waals surface area (Å²) in [5, 5.41) is 9.14. The highest BCUT2D eigenvalue weighted by Gasteiger charge is 2.30. The monoisotopic (exact) mass is 431 g/mol. The molecule has 0 aliphatic carbocycles. The fourth-order valence-corrected chi connectivity index (χ4v) is 3.20. The second-order valence-corrected chi connectivity index (χ2v) is 6.78. The van der Waals surface area contributed by atoms with E-state index in [1.54, 1.807) is 28.9 Å². The van der Waals surface area contributed by atoms with Gasteiger partial charge in [0.05, 0.1) is 18.0 Å². The van der Waals surface area contributed by atoms with Crippen LogP contribution in [-0.4, -0.2) is 33.2 Å². The van der Waals surface area contributed by atoms with E-state index in [-0.39, 0.29) is 24.1 Å². The van der Waals surface area contributed by atoms with Crippen molar-refractivity contribution in [2.45, 2.75) is 18.6 Å². The molecule has 2 aromatic carbocycles. The molecule has 0 bridgehead atoms. The summed E-state index contributed by atoms with van der Waals surface area (Å²) in [6.45, 7) is -0.403. The Morgan fingerprint density at radius 1 is 1.23 bits per heavy atom. The SMILES string of the molecule is O=C(COc1cccc([C@@H]2CC(=O)Nc3ncnn32)c1)Nc1cccc(C(F)(F)F)c1. The highest BCUT2D eigenvalue weighted by molar-refractivity contribution is 5.92. The van der Waals surface area contributed by atoms with Crippen molar-refractivity contribution in [3.05, 3.63) is 66.0 Å². The van der Waals surface area contributed by atoms with E-state index in [9.17, 15) is 22.8 Å². The highest BCUT2D eigenvalue weighted by Crippen LogP contribution is 2.31. The van der Waals surface area contributed by atoms with Crippen LogP contribution in [-0.2, 0) is 15.8 Å². The zero-order valence-electron chi connectivity index (χ0n) is 15.9. The average Bonchev–Trinajstić information content (AvgIpc) is 3.20. The third-order valence-corrected chi connectivity index (χ3v) is 4.58. The summed E-state index contributed by atoms with van der Waals surface area (Å²) in [4.78, 5) is 28.0. The molecule has 1 aliphatic rings. The van der Waals surface area contributed by atoms with E-state index in [0.717, 1.165) is 17.7 Å². The van der Waals surface area contributed by atoms with Crippen LogP contribution in [0.4, 0.5) is 24.8 Å². The standard InChI is InChI=1S/C20H16F3N5O3/c21-20(22,23)13-4-2-5-14(8-13)26-18(30)10-31-15-6-1-3-12(7-15)16-9-17(29)27-19-24-11-25-28(16)19/h1-8,11,16H,9-10H2,(H,26,30)(H,24,25,27,29)/t16-/m0/s1. The van der Waals surface area contributed by atoms with Gasteiger partial charge in [-0.05, 0) is 35.9 Å². The number of rotatable bonds is 5. The van der Waals surface area contributed by atoms with Crippen molar-refractivity contribution >= 4 is 23.5 Å². The number of anilines is 2. The average molecular weight is 431 g/mol. The molecule has 1 aliphatic heterocycles. The molecule has 0 saturated heterocycles. The van der Waals surface area contributed by atoms with Crippen LogP contribution in [0.15, 0.2) is 54.9 Å². The van der Waals surface area contributed by atoms with Gasteiger partial charge in [-0.15, -0.1) is 0 Å². The minimum atomic E-state index is -4.50. The molecule has 0 spiro atoms. The van der Waals surface area contributed by atoms with Crippen molar-refractivity contribution < 1.29 is 27.5 Å². The molecule has 8 nitrogen and oxygen atoms in total. The van der Waals surface area contributed by atoms with Crippen molar-refractivity contribution in [3.63, 3.8) is 0 Å². The van der Waals surface area contributed by atoms with Gasteiger partial charge in [0.1, 0.15) is 12.1 Å². The molecule has 2 N–H and O–H groups in total. The van der Waals surface area contributed by atoms with E-state index >= 15 is 0 Å². The number of benzene rings is 2. The third kappa shape index (κ3) is 4.65. The fraction of sp³-hybridized carbons (Fsp3) is 0.200. The van der Waals surface area contributed by atoms with Gasteiger partial charge in [-0.3, -0.25) is 14.9 Å². The molecule has 2 amide bonds. The summed E-state index contributed by atoms with van der Waals surface area (Å²) in [6.07, 6.45) is -3.00. The summed E-state index contributed by atoms with van der Waals surface area (Å²) in [5.41, 5.74) is -0.107. The van der Waals surface area contributed by atoms with Crippen LogP contribution in [0.3, 0.4) is 0 Å². The number of fused-ring (bicyclic) bond motifs is 1. The minimum Gasteiger partial charge on any atom is -0.484 e. The highest BCUT2D eigenvalue weighted by atomic mass is 19.4. The Morgan fingerprint density at radius 2 is 2.03 bits per heavy atom. The lowest BCUT2D eigenvalue weighted by atomic mass is 10.0. The predicted octanol–water partition coefficient (Wildman–Crippen LogP) is 3.25. The molecule has 4 rings (SSSR count). The molecule has 0 fully saturated rings. The molecular weight excluding hydrogens is 415 g/mol. The molecule has 1 atom stereocenters. The van der Waals surface area contributed by atoms with Gasteiger partial charge in [0.15, 0.2) is 6.61 Å². The Labute approximate surface area is 174 Å². The largest absolute Gasteiger partial charge is 0.484 e. The number of nitrogens with zero attached hydrogens (tertiary/aromatic N) is 3. The zero-order chi connectivity index (χ0) is 22.0. The second-order valence-electron chi connectivity index (χ2n) is 6.78. The Bertz CT molecular complexity index is 1130. The van der Waals surface area contributed by atoms with Crippen LogP contribution in [0.2, 0.25) is 0 Å². The number of hydrogen-bond acceptors (Lipinski definition) is 5. The minimum absolute atomic E-state index is 0.0177. The van der Waals surface area contributed by atoms with Crippen LogP contribution in [0.25, 0.3) is 0 Å². The lowest BCUT2D eigenvalue weighted by molar-refractivity contribution is -0.137. The number of hydrogen-bond donors (Lipinski definition) is 2. The van der Waals surface area contributed by atoms with Crippen LogP contribution in [0.1, 0.15) is 23.6 Å². The molecule has 3 aromatic rings. The summed E-state index contributed by atoms with van der Waals surface area (Å²) in [6, 6.07) is 10.8. The van der Waals surface area contributed by atoms with Crippen LogP contribution in [0.5, 0.6) is 5.75 Å². The first kappa shape index (κ1) is 20.4. The van der Waals surface area contributed by atoms with Gasteiger partial charge in [-0.2, -0.15) is 23.3 Å². The van der Waals surface area contributed by atoms with Crippen LogP contribution < -0.4 is 15.4 Å². The van der Waals surface area contributed by atoms with Crippen LogP contribution >= 0.6 is 0 Å². The summed E-state index contributed by atoms with van der Waals surface area (Å²) < 4.78 is 45.4. The predicted molar refractivity (Wildman–Crippen MR) is 103 cm³/mol. The molecule has 31 heavy (non-hydrogen) atoms. The topological polar surface area (TPSA) is 98.1 Å². The van der Waals surface area contributed by atoms with Crippen molar-refractivity contribution in [2.24, 2.45) is 0 Å². The lowest BCUT2D eigenvalue weighted by Crippen LogP contribution is -2.29. The van der Waals surface area contributed by atoms with Crippen molar-refractivity contribution in [3.8, 4) is 5.75 Å². The maximum absolute atomic E-state index is 12.8. The second kappa shape index (κ2) is 8.09. The molecule has 160 valence electrons. The Hall–Kier alpha value is -3.89. The van der Waals surface area contributed by atoms with E-state index in [4.69, 9.17) is 4.74 Å². The van der Waals surface area contributed by atoms with Gasteiger partial charge in [-0.1, -0.05) is 18.2 Å². The number of carbonyl (C=O) groups excluding carboxylic acids is 2. The number of alkyl halides is 3. The first-order valence-corrected chi connectivity index (χ1v) is 9.19. The maximum atomic E-state index is 12.8. The van der Waals surface area contributed by atoms with E-state index in [0.29, 0.717) is 11.7 Å². The summed E-state index contributed by atoms with van der Waals surface area (Å²) in [5.74, 6) is -0.102. The normalized spacial score (nSPS) is 15.7. The molecule has 0 radical (unpaired) electrons. The number of aromatic nitrogens is 3. The first-order chi connectivity index (χ1) is 14.8. The lowest BCUT2D eigenvalue weighted by Gasteiger charge is -2.24. The molecular formula is C20H16F3N5O3. The van der Waals surface area contributed by atoms with Gasteiger partial charge in [0.2, 0.25) is 11.9 Å². The van der Waals surface area contributed by atoms with Crippen LogP contribution in [0, 0.1) is 0 Å². The Kier molecular flexibility index (Phi) is 5.32. The van der Waals surface area contributed by atoms with E-state index in [1.807, 2.05) is 0 Å². The first-order valence-electron chi connectivity index (χ1n) is 9.19. The van der Waals surface area contributed by atoms with Crippen molar-refractivity contribution in [1.29, 1.82) is 0 Å². The fourth-order valence-electron chi connectivity index (χ4n) is 3.20. The number of nitrogens with one attached hydrogen (secondary N) is 2. The van der Waals surface area contributed by atoms with Gasteiger partial charge in [0, 0.05) is 5.69 Å². The Morgan fingerprint density at radius 3 is 2.84 bits per heavy atom. The van der Waals surface area contributed by atoms with Gasteiger partial charge in [0.25, 0.3) is 5.91 Å². The maximum Gasteiger partial charge on any atom is 0.416 e. The Balaban J connectivity index is 1.41. The molecule has 2 heterocycles. The summed E-state index contributed by atoms with van der Waals surface area (Å²) >= 11 is 0. The molecule has 0 saturated carbocycles. The number of carbonyl (C=O) groups is 2. The molecule has 0 unspecified atom stereocenters. The number of ether oxygens (including phenoxy) is 1. The van der Waals surface area contributed by atoms with E-state index < -0.39 is 24.3 Å². The third-order valence-electron chi connectivity index (χ3n) is 4.58. The zero-order valence-corrected chi connectivity index (χ0v) is 15.9. The van der Waals surface area contributed by atoms with E-state index in [2.05, 4.69) is 20.7 Å². The van der Waals surface area contributed by atoms with Crippen molar-refractivity contribution in [1.82, 2.24) is 14.8 Å². The quantitative estimate of drug-likeness (QED) is 0.646.